The van der Waals surface area contributed by atoms with Gasteiger partial charge in [-0.2, -0.15) is 0 Å². The maximum Gasteiger partial charge on any atom is 0.161 e. The summed E-state index contributed by atoms with van der Waals surface area (Å²) in [6.07, 6.45) is 0. The van der Waals surface area contributed by atoms with Gasteiger partial charge in [-0.1, -0.05) is 12.1 Å². The fraction of sp³-hybridized carbons (Fsp3) is 0.455. The molecule has 0 aliphatic carbocycles. The van der Waals surface area contributed by atoms with Crippen molar-refractivity contribution in [2.24, 2.45) is 0 Å². The third kappa shape index (κ3) is 5.37. The van der Waals surface area contributed by atoms with Gasteiger partial charge in [0.1, 0.15) is 45.0 Å². The number of benzene rings is 2. The second-order valence-corrected chi connectivity index (χ2v) is 7.12. The normalized spacial score (nSPS) is 19.5. The van der Waals surface area contributed by atoms with Crippen molar-refractivity contribution in [3.8, 4) is 17.2 Å². The van der Waals surface area contributed by atoms with E-state index in [9.17, 15) is 0 Å². The first-order valence-corrected chi connectivity index (χ1v) is 9.81. The highest BCUT2D eigenvalue weighted by molar-refractivity contribution is 5.42. The largest absolute Gasteiger partial charge is 0.497 e. The van der Waals surface area contributed by atoms with E-state index in [2.05, 4.69) is 30.3 Å². The smallest absolute Gasteiger partial charge is 0.161 e. The van der Waals surface area contributed by atoms with Gasteiger partial charge in [-0.3, -0.25) is 0 Å². The molecule has 5 heteroatoms. The summed E-state index contributed by atoms with van der Waals surface area (Å²) in [5.41, 5.74) is 2.66. The number of hydrogen-bond acceptors (Lipinski definition) is 3. The van der Waals surface area contributed by atoms with Crippen LogP contribution in [0.4, 0.5) is 0 Å². The SMILES string of the molecule is CCOc1cc(C[NH+]2CC[NH+](Cc3cccc(OC)c3)CC2)ccc1OC. The molecule has 0 unspecified atom stereocenters. The first-order chi connectivity index (χ1) is 13.2. The van der Waals surface area contributed by atoms with Crippen LogP contribution >= 0.6 is 0 Å². The number of hydrogen-bond donors (Lipinski definition) is 2. The highest BCUT2D eigenvalue weighted by Crippen LogP contribution is 2.27. The van der Waals surface area contributed by atoms with E-state index in [1.165, 1.54) is 37.3 Å². The molecule has 3 rings (SSSR count). The van der Waals surface area contributed by atoms with E-state index >= 15 is 0 Å². The topological polar surface area (TPSA) is 36.6 Å². The Hall–Kier alpha value is -2.24. The molecule has 0 atom stereocenters. The Morgan fingerprint density at radius 1 is 0.778 bits per heavy atom. The molecule has 1 fully saturated rings. The van der Waals surface area contributed by atoms with Crippen LogP contribution in [0, 0.1) is 0 Å². The first-order valence-electron chi connectivity index (χ1n) is 9.81. The molecule has 2 aromatic carbocycles. The van der Waals surface area contributed by atoms with Gasteiger partial charge in [-0.05, 0) is 37.3 Å². The summed E-state index contributed by atoms with van der Waals surface area (Å²) in [7, 11) is 3.41. The fourth-order valence-electron chi connectivity index (χ4n) is 3.77. The summed E-state index contributed by atoms with van der Waals surface area (Å²) in [6.45, 7) is 9.53. The van der Waals surface area contributed by atoms with Crippen LogP contribution in [0.3, 0.4) is 0 Å². The van der Waals surface area contributed by atoms with Gasteiger partial charge >= 0.3 is 0 Å². The predicted molar refractivity (Wildman–Crippen MR) is 106 cm³/mol. The van der Waals surface area contributed by atoms with Crippen molar-refractivity contribution in [3.05, 3.63) is 53.6 Å². The molecule has 2 aromatic rings. The molecule has 146 valence electrons. The van der Waals surface area contributed by atoms with Gasteiger partial charge < -0.3 is 24.0 Å². The Labute approximate surface area is 162 Å². The molecule has 5 nitrogen and oxygen atoms in total. The lowest BCUT2D eigenvalue weighted by atomic mass is 10.1. The number of ether oxygens (including phenoxy) is 3. The molecule has 1 saturated heterocycles. The summed E-state index contributed by atoms with van der Waals surface area (Å²) < 4.78 is 16.4. The molecule has 0 bridgehead atoms. The predicted octanol–water partition coefficient (Wildman–Crippen LogP) is 0.586. The lowest BCUT2D eigenvalue weighted by Crippen LogP contribution is -3.27. The number of methoxy groups -OCH3 is 2. The van der Waals surface area contributed by atoms with Crippen LogP contribution in [0.5, 0.6) is 17.2 Å². The van der Waals surface area contributed by atoms with Gasteiger partial charge in [0.05, 0.1) is 20.8 Å². The zero-order chi connectivity index (χ0) is 19.1. The lowest BCUT2D eigenvalue weighted by molar-refractivity contribution is -1.02. The van der Waals surface area contributed by atoms with Crippen LogP contribution in [0.1, 0.15) is 18.1 Å². The first kappa shape index (κ1) is 19.5. The van der Waals surface area contributed by atoms with E-state index in [0.29, 0.717) is 6.61 Å². The van der Waals surface area contributed by atoms with Gasteiger partial charge in [-0.15, -0.1) is 0 Å². The van der Waals surface area contributed by atoms with Crippen molar-refractivity contribution in [1.29, 1.82) is 0 Å². The van der Waals surface area contributed by atoms with Crippen LogP contribution in [0.15, 0.2) is 42.5 Å². The van der Waals surface area contributed by atoms with Gasteiger partial charge in [0, 0.05) is 11.1 Å². The molecule has 0 saturated carbocycles. The average molecular weight is 373 g/mol. The van der Waals surface area contributed by atoms with Crippen molar-refractivity contribution in [3.63, 3.8) is 0 Å². The van der Waals surface area contributed by atoms with Crippen LogP contribution in [0.2, 0.25) is 0 Å². The van der Waals surface area contributed by atoms with Gasteiger partial charge in [0.15, 0.2) is 11.5 Å². The minimum Gasteiger partial charge on any atom is -0.497 e. The maximum atomic E-state index is 5.71. The van der Waals surface area contributed by atoms with Crippen LogP contribution in [-0.4, -0.2) is 47.0 Å². The standard InChI is InChI=1S/C22H30N2O3/c1-4-27-22-15-19(8-9-21(22)26-3)17-24-12-10-23(11-13-24)16-18-6-5-7-20(14-18)25-2/h5-9,14-15H,4,10-13,16-17H2,1-3H3/p+2. The highest BCUT2D eigenvalue weighted by atomic mass is 16.5. The highest BCUT2D eigenvalue weighted by Gasteiger charge is 2.23. The van der Waals surface area contributed by atoms with Crippen LogP contribution in [0.25, 0.3) is 0 Å². The van der Waals surface area contributed by atoms with Crippen molar-refractivity contribution in [2.45, 2.75) is 20.0 Å². The Bertz CT molecular complexity index is 727. The Balaban J connectivity index is 1.52. The van der Waals surface area contributed by atoms with Gasteiger partial charge in [-0.25, -0.2) is 0 Å². The lowest BCUT2D eigenvalue weighted by Gasteiger charge is -2.30. The summed E-state index contributed by atoms with van der Waals surface area (Å²) >= 11 is 0. The number of quaternary nitrogens is 2. The molecule has 2 N–H and O–H groups in total. The second-order valence-electron chi connectivity index (χ2n) is 7.12. The molecular weight excluding hydrogens is 340 g/mol. The Kier molecular flexibility index (Phi) is 6.96. The Morgan fingerprint density at radius 3 is 2.04 bits per heavy atom. The maximum absolute atomic E-state index is 5.71. The quantitative estimate of drug-likeness (QED) is 0.712. The van der Waals surface area contributed by atoms with Gasteiger partial charge in [0.2, 0.25) is 0 Å². The molecule has 27 heavy (non-hydrogen) atoms. The van der Waals surface area contributed by atoms with E-state index in [0.717, 1.165) is 30.3 Å². The molecular formula is C22H32N2O3+2. The van der Waals surface area contributed by atoms with Crippen molar-refractivity contribution >= 4 is 0 Å². The zero-order valence-corrected chi connectivity index (χ0v) is 16.7. The molecule has 1 aliphatic rings. The summed E-state index contributed by atoms with van der Waals surface area (Å²) in [5, 5.41) is 0. The van der Waals surface area contributed by atoms with E-state index in [1.54, 1.807) is 24.0 Å². The molecule has 0 amide bonds. The number of rotatable bonds is 8. The average Bonchev–Trinajstić information content (AvgIpc) is 2.70. The molecule has 1 heterocycles. The number of piperazine rings is 1. The summed E-state index contributed by atoms with van der Waals surface area (Å²) in [5.74, 6) is 2.60. The molecule has 0 aromatic heterocycles. The van der Waals surface area contributed by atoms with Crippen molar-refractivity contribution in [1.82, 2.24) is 0 Å². The fourth-order valence-corrected chi connectivity index (χ4v) is 3.77. The van der Waals surface area contributed by atoms with Crippen LogP contribution < -0.4 is 24.0 Å². The van der Waals surface area contributed by atoms with E-state index in [-0.39, 0.29) is 0 Å². The summed E-state index contributed by atoms with van der Waals surface area (Å²) in [4.78, 5) is 3.29. The third-order valence-corrected chi connectivity index (χ3v) is 5.23. The van der Waals surface area contributed by atoms with Crippen molar-refractivity contribution < 1.29 is 24.0 Å². The van der Waals surface area contributed by atoms with Gasteiger partial charge in [0.25, 0.3) is 0 Å². The Morgan fingerprint density at radius 2 is 1.44 bits per heavy atom. The van der Waals surface area contributed by atoms with E-state index in [4.69, 9.17) is 14.2 Å². The molecule has 0 radical (unpaired) electrons. The minimum atomic E-state index is 0.652. The zero-order valence-electron chi connectivity index (χ0n) is 16.7. The van der Waals surface area contributed by atoms with E-state index < -0.39 is 0 Å². The summed E-state index contributed by atoms with van der Waals surface area (Å²) in [6, 6.07) is 14.7. The minimum absolute atomic E-state index is 0.652. The second kappa shape index (κ2) is 9.62. The molecule has 1 aliphatic heterocycles. The monoisotopic (exact) mass is 372 g/mol. The molecule has 0 spiro atoms. The number of nitrogens with one attached hydrogen (secondary N) is 2. The van der Waals surface area contributed by atoms with Crippen molar-refractivity contribution in [2.75, 3.05) is 47.0 Å². The van der Waals surface area contributed by atoms with E-state index in [1.807, 2.05) is 19.1 Å². The van der Waals surface area contributed by atoms with Crippen LogP contribution in [-0.2, 0) is 13.1 Å². The third-order valence-electron chi connectivity index (χ3n) is 5.23.